The van der Waals surface area contributed by atoms with E-state index in [0.717, 1.165) is 18.3 Å². The Morgan fingerprint density at radius 3 is 2.10 bits per heavy atom. The van der Waals surface area contributed by atoms with Gasteiger partial charge in [0.25, 0.3) is 0 Å². The average molecular weight is 304 g/mol. The van der Waals surface area contributed by atoms with Gasteiger partial charge in [0.2, 0.25) is 5.91 Å². The van der Waals surface area contributed by atoms with Crippen molar-refractivity contribution in [3.63, 3.8) is 0 Å². The number of nitrogens with zero attached hydrogens (tertiary/aromatic N) is 2. The summed E-state index contributed by atoms with van der Waals surface area (Å²) >= 11 is 0. The molecule has 0 saturated heterocycles. The molecule has 0 N–H and O–H groups in total. The highest BCUT2D eigenvalue weighted by Gasteiger charge is 2.36. The fourth-order valence-electron chi connectivity index (χ4n) is 1.50. The molecule has 1 amide bonds. The van der Waals surface area contributed by atoms with Crippen molar-refractivity contribution in [3.05, 3.63) is 25.3 Å². The SMILES string of the molecule is C=CCN(C(C)=O)S(=O)(=O)N(CC=C)C(C)C(=O)OC. The molecule has 0 radical (unpaired) electrons. The standard InChI is InChI=1S/C12H20N2O5S/c1-6-8-13(10(3)12(16)19-5)20(17,18)14(9-7-2)11(4)15/h6-7,10H,1-2,8-9H2,3-5H3. The third kappa shape index (κ3) is 4.17. The van der Waals surface area contributed by atoms with E-state index in [0.29, 0.717) is 4.31 Å². The van der Waals surface area contributed by atoms with E-state index in [-0.39, 0.29) is 13.1 Å². The van der Waals surface area contributed by atoms with Gasteiger partial charge in [-0.05, 0) is 6.92 Å². The lowest BCUT2D eigenvalue weighted by molar-refractivity contribution is -0.144. The van der Waals surface area contributed by atoms with Crippen molar-refractivity contribution >= 4 is 22.1 Å². The summed E-state index contributed by atoms with van der Waals surface area (Å²) in [6.45, 7) is 9.05. The summed E-state index contributed by atoms with van der Waals surface area (Å²) in [7, 11) is -3.01. The van der Waals surface area contributed by atoms with Gasteiger partial charge in [-0.2, -0.15) is 12.7 Å². The monoisotopic (exact) mass is 304 g/mol. The van der Waals surface area contributed by atoms with Crippen LogP contribution in [0.3, 0.4) is 0 Å². The van der Waals surface area contributed by atoms with E-state index in [1.54, 1.807) is 0 Å². The Kier molecular flexibility index (Phi) is 7.16. The van der Waals surface area contributed by atoms with E-state index >= 15 is 0 Å². The molecule has 0 fully saturated rings. The zero-order valence-electron chi connectivity index (χ0n) is 11.9. The molecule has 1 atom stereocenters. The molecule has 114 valence electrons. The van der Waals surface area contributed by atoms with Crippen LogP contribution in [-0.4, -0.2) is 55.1 Å². The summed E-state index contributed by atoms with van der Waals surface area (Å²) in [4.78, 5) is 23.0. The number of ether oxygens (including phenoxy) is 1. The maximum Gasteiger partial charge on any atom is 0.323 e. The molecule has 20 heavy (non-hydrogen) atoms. The van der Waals surface area contributed by atoms with Crippen LogP contribution < -0.4 is 0 Å². The summed E-state index contributed by atoms with van der Waals surface area (Å²) in [6.07, 6.45) is 2.61. The molecule has 0 heterocycles. The molecule has 0 aliphatic carbocycles. The van der Waals surface area contributed by atoms with Crippen LogP contribution in [0, 0.1) is 0 Å². The minimum Gasteiger partial charge on any atom is -0.468 e. The highest BCUT2D eigenvalue weighted by Crippen LogP contribution is 2.14. The fourth-order valence-corrected chi connectivity index (χ4v) is 3.15. The van der Waals surface area contributed by atoms with Gasteiger partial charge < -0.3 is 4.74 Å². The minimum atomic E-state index is -4.17. The fraction of sp³-hybridized carbons (Fsp3) is 0.500. The van der Waals surface area contributed by atoms with Crippen LogP contribution in [0.2, 0.25) is 0 Å². The molecule has 0 aliphatic heterocycles. The quantitative estimate of drug-likeness (QED) is 0.476. The van der Waals surface area contributed by atoms with E-state index in [1.165, 1.54) is 19.1 Å². The Morgan fingerprint density at radius 2 is 1.75 bits per heavy atom. The van der Waals surface area contributed by atoms with Crippen LogP contribution in [-0.2, 0) is 24.5 Å². The number of rotatable bonds is 8. The Morgan fingerprint density at radius 1 is 1.25 bits per heavy atom. The molecule has 0 saturated carbocycles. The molecule has 8 heteroatoms. The predicted molar refractivity (Wildman–Crippen MR) is 74.9 cm³/mol. The lowest BCUT2D eigenvalue weighted by Crippen LogP contribution is -2.51. The van der Waals surface area contributed by atoms with Gasteiger partial charge in [-0.25, -0.2) is 4.31 Å². The molecular weight excluding hydrogens is 284 g/mol. The largest absolute Gasteiger partial charge is 0.468 e. The number of amides is 1. The van der Waals surface area contributed by atoms with Gasteiger partial charge >= 0.3 is 16.2 Å². The normalized spacial score (nSPS) is 12.6. The van der Waals surface area contributed by atoms with Gasteiger partial charge in [0.1, 0.15) is 6.04 Å². The molecule has 0 aliphatic rings. The first-order chi connectivity index (χ1) is 9.23. The van der Waals surface area contributed by atoms with Gasteiger partial charge in [0, 0.05) is 13.5 Å². The van der Waals surface area contributed by atoms with E-state index < -0.39 is 28.1 Å². The van der Waals surface area contributed by atoms with Crippen LogP contribution in [0.15, 0.2) is 25.3 Å². The number of hydrogen-bond acceptors (Lipinski definition) is 5. The number of carbonyl (C=O) groups excluding carboxylic acids is 2. The lowest BCUT2D eigenvalue weighted by Gasteiger charge is -2.30. The van der Waals surface area contributed by atoms with Crippen molar-refractivity contribution in [1.29, 1.82) is 0 Å². The predicted octanol–water partition coefficient (Wildman–Crippen LogP) is 0.315. The van der Waals surface area contributed by atoms with Crippen LogP contribution in [0.4, 0.5) is 0 Å². The second-order valence-electron chi connectivity index (χ2n) is 3.90. The molecule has 0 rings (SSSR count). The highest BCUT2D eigenvalue weighted by atomic mass is 32.2. The molecule has 0 aromatic carbocycles. The first-order valence-electron chi connectivity index (χ1n) is 5.83. The summed E-state index contributed by atoms with van der Waals surface area (Å²) in [5.74, 6) is -1.39. The second kappa shape index (κ2) is 7.81. The van der Waals surface area contributed by atoms with Crippen molar-refractivity contribution in [3.8, 4) is 0 Å². The highest BCUT2D eigenvalue weighted by molar-refractivity contribution is 7.87. The van der Waals surface area contributed by atoms with Gasteiger partial charge in [-0.3, -0.25) is 9.59 Å². The van der Waals surface area contributed by atoms with E-state index in [9.17, 15) is 18.0 Å². The number of methoxy groups -OCH3 is 1. The van der Waals surface area contributed by atoms with Crippen molar-refractivity contribution in [1.82, 2.24) is 8.61 Å². The lowest BCUT2D eigenvalue weighted by atomic mass is 10.3. The smallest absolute Gasteiger partial charge is 0.323 e. The third-order valence-corrected chi connectivity index (χ3v) is 4.53. The number of hydrogen-bond donors (Lipinski definition) is 0. The molecule has 0 spiro atoms. The Labute approximate surface area is 119 Å². The van der Waals surface area contributed by atoms with Crippen molar-refractivity contribution in [2.24, 2.45) is 0 Å². The van der Waals surface area contributed by atoms with Crippen molar-refractivity contribution < 1.29 is 22.7 Å². The minimum absolute atomic E-state index is 0.125. The van der Waals surface area contributed by atoms with Gasteiger partial charge in [-0.1, -0.05) is 12.2 Å². The van der Waals surface area contributed by atoms with Crippen LogP contribution in [0.25, 0.3) is 0 Å². The third-order valence-electron chi connectivity index (χ3n) is 2.50. The van der Waals surface area contributed by atoms with Crippen molar-refractivity contribution in [2.45, 2.75) is 19.9 Å². The Hall–Kier alpha value is -1.67. The number of carbonyl (C=O) groups is 2. The summed E-state index contributed by atoms with van der Waals surface area (Å²) in [6, 6.07) is -1.07. The number of esters is 1. The summed E-state index contributed by atoms with van der Waals surface area (Å²) < 4.78 is 30.9. The first kappa shape index (κ1) is 18.3. The topological polar surface area (TPSA) is 84.0 Å². The maximum atomic E-state index is 12.4. The van der Waals surface area contributed by atoms with E-state index in [4.69, 9.17) is 0 Å². The zero-order chi connectivity index (χ0) is 15.9. The van der Waals surface area contributed by atoms with E-state index in [2.05, 4.69) is 17.9 Å². The summed E-state index contributed by atoms with van der Waals surface area (Å²) in [5.41, 5.74) is 0. The molecule has 0 aromatic rings. The molecule has 0 bridgehead atoms. The second-order valence-corrected chi connectivity index (χ2v) is 5.71. The van der Waals surface area contributed by atoms with E-state index in [1.807, 2.05) is 0 Å². The first-order valence-corrected chi connectivity index (χ1v) is 7.23. The zero-order valence-corrected chi connectivity index (χ0v) is 12.7. The van der Waals surface area contributed by atoms with Crippen LogP contribution in [0.5, 0.6) is 0 Å². The molecule has 7 nitrogen and oxygen atoms in total. The average Bonchev–Trinajstić information content (AvgIpc) is 2.39. The summed E-state index contributed by atoms with van der Waals surface area (Å²) in [5, 5.41) is 0. The molecule has 0 aromatic heterocycles. The van der Waals surface area contributed by atoms with Crippen LogP contribution >= 0.6 is 0 Å². The maximum absolute atomic E-state index is 12.4. The van der Waals surface area contributed by atoms with Crippen LogP contribution in [0.1, 0.15) is 13.8 Å². The Balaban J connectivity index is 5.64. The Bertz CT molecular complexity index is 486. The molecular formula is C12H20N2O5S. The van der Waals surface area contributed by atoms with Crippen molar-refractivity contribution in [2.75, 3.05) is 20.2 Å². The molecule has 1 unspecified atom stereocenters. The van der Waals surface area contributed by atoms with Gasteiger partial charge in [0.15, 0.2) is 0 Å². The van der Waals surface area contributed by atoms with Gasteiger partial charge in [-0.15, -0.1) is 13.2 Å². The van der Waals surface area contributed by atoms with Gasteiger partial charge in [0.05, 0.1) is 13.7 Å².